The maximum Gasteiger partial charge on any atom is 0.320 e. The Balaban J connectivity index is 1.83. The van der Waals surface area contributed by atoms with Crippen LogP contribution in [0.4, 0.5) is 0 Å². The number of nitrogens with zero attached hydrogens (tertiary/aromatic N) is 2. The topological polar surface area (TPSA) is 70.3 Å². The molecule has 2 aliphatic rings. The molecule has 1 aliphatic carbocycles. The monoisotopic (exact) mass is 396 g/mol. The number of hydrogen-bond acceptors (Lipinski definition) is 4. The molecular weight excluding hydrogens is 368 g/mol. The van der Waals surface area contributed by atoms with Crippen LogP contribution < -0.4 is 5.56 Å². The second kappa shape index (κ2) is 6.71. The van der Waals surface area contributed by atoms with E-state index >= 15 is 0 Å². The number of carbonyl (C=O) groups excluding carboxylic acids is 2. The van der Waals surface area contributed by atoms with Crippen LogP contribution in [0.1, 0.15) is 63.3 Å². The molecule has 1 aliphatic heterocycles. The van der Waals surface area contributed by atoms with Gasteiger partial charge in [0.2, 0.25) is 0 Å². The Morgan fingerprint density at radius 1 is 1.00 bits per heavy atom. The van der Waals surface area contributed by atoms with Gasteiger partial charge in [0.15, 0.2) is 5.78 Å². The third kappa shape index (κ3) is 2.72. The van der Waals surface area contributed by atoms with E-state index in [1.54, 1.807) is 16.4 Å². The van der Waals surface area contributed by atoms with Gasteiger partial charge in [-0.25, -0.2) is 4.68 Å². The number of rotatable bonds is 2. The van der Waals surface area contributed by atoms with Gasteiger partial charge in [-0.05, 0) is 45.7 Å². The number of hydrogen-bond donors (Lipinski definition) is 0. The average molecular weight is 396 g/mol. The Bertz CT molecular complexity index is 1020. The molecule has 0 bridgehead atoms. The standard InChI is InChI=1S/C23H28N2O4/c1-15-17(19(26)25(24(15)4)16-11-7-5-8-12-16)18-22(2,3)20(27)23(21(28)29-18)13-9-6-10-14-23/h5,7-8,11-12,18H,6,9-10,13-14H2,1-4H3/t18-/m0/s1. The van der Waals surface area contributed by atoms with E-state index in [9.17, 15) is 14.4 Å². The number of aromatic nitrogens is 2. The van der Waals surface area contributed by atoms with E-state index in [0.29, 0.717) is 24.1 Å². The van der Waals surface area contributed by atoms with E-state index in [2.05, 4.69) is 0 Å². The number of esters is 1. The first-order valence-electron chi connectivity index (χ1n) is 10.3. The number of carbonyl (C=O) groups is 2. The van der Waals surface area contributed by atoms with Crippen LogP contribution in [0.25, 0.3) is 5.69 Å². The summed E-state index contributed by atoms with van der Waals surface area (Å²) >= 11 is 0. The van der Waals surface area contributed by atoms with Gasteiger partial charge in [0.05, 0.1) is 16.7 Å². The summed E-state index contributed by atoms with van der Waals surface area (Å²) in [4.78, 5) is 40.1. The predicted octanol–water partition coefficient (Wildman–Crippen LogP) is 3.63. The lowest BCUT2D eigenvalue weighted by molar-refractivity contribution is -0.192. The molecule has 1 aromatic carbocycles. The van der Waals surface area contributed by atoms with Gasteiger partial charge in [-0.3, -0.25) is 19.1 Å². The molecule has 2 fully saturated rings. The van der Waals surface area contributed by atoms with Gasteiger partial charge < -0.3 is 4.74 Å². The molecule has 154 valence electrons. The zero-order valence-corrected chi connectivity index (χ0v) is 17.5. The Morgan fingerprint density at radius 3 is 2.24 bits per heavy atom. The molecule has 0 unspecified atom stereocenters. The fraction of sp³-hybridized carbons (Fsp3) is 0.522. The molecule has 29 heavy (non-hydrogen) atoms. The molecule has 4 rings (SSSR count). The van der Waals surface area contributed by atoms with Crippen molar-refractivity contribution in [3.05, 3.63) is 51.9 Å². The van der Waals surface area contributed by atoms with E-state index in [-0.39, 0.29) is 11.3 Å². The minimum atomic E-state index is -1.04. The maximum atomic E-state index is 13.6. The molecule has 2 heterocycles. The van der Waals surface area contributed by atoms with Gasteiger partial charge in [0, 0.05) is 12.7 Å². The van der Waals surface area contributed by atoms with Crippen LogP contribution >= 0.6 is 0 Å². The second-order valence-corrected chi connectivity index (χ2v) is 8.95. The third-order valence-corrected chi connectivity index (χ3v) is 6.86. The van der Waals surface area contributed by atoms with Gasteiger partial charge in [0.1, 0.15) is 11.5 Å². The highest BCUT2D eigenvalue weighted by Crippen LogP contribution is 2.53. The summed E-state index contributed by atoms with van der Waals surface area (Å²) in [6.07, 6.45) is 2.94. The largest absolute Gasteiger partial charge is 0.455 e. The number of para-hydroxylation sites is 1. The number of ketones is 1. The lowest BCUT2D eigenvalue weighted by Crippen LogP contribution is -2.56. The summed E-state index contributed by atoms with van der Waals surface area (Å²) in [5.74, 6) is -0.541. The highest BCUT2D eigenvalue weighted by atomic mass is 16.5. The van der Waals surface area contributed by atoms with Crippen molar-refractivity contribution in [3.8, 4) is 5.69 Å². The molecule has 1 aromatic heterocycles. The third-order valence-electron chi connectivity index (χ3n) is 6.86. The number of cyclic esters (lactones) is 1. The first-order valence-corrected chi connectivity index (χ1v) is 10.3. The Morgan fingerprint density at radius 2 is 1.62 bits per heavy atom. The predicted molar refractivity (Wildman–Crippen MR) is 109 cm³/mol. The molecule has 2 aromatic rings. The first-order chi connectivity index (χ1) is 13.7. The van der Waals surface area contributed by atoms with Gasteiger partial charge in [-0.2, -0.15) is 0 Å². The molecule has 1 saturated carbocycles. The minimum Gasteiger partial charge on any atom is -0.455 e. The minimum absolute atomic E-state index is 0.0835. The van der Waals surface area contributed by atoms with Crippen molar-refractivity contribution < 1.29 is 14.3 Å². The summed E-state index contributed by atoms with van der Waals surface area (Å²) in [5, 5.41) is 0. The van der Waals surface area contributed by atoms with E-state index in [1.807, 2.05) is 51.1 Å². The lowest BCUT2D eigenvalue weighted by Gasteiger charge is -2.47. The Kier molecular flexibility index (Phi) is 4.56. The summed E-state index contributed by atoms with van der Waals surface area (Å²) in [5.41, 5.74) is -0.464. The normalized spacial score (nSPS) is 23.2. The fourth-order valence-electron chi connectivity index (χ4n) is 5.09. The number of Topliss-reactive ketones (excluding diaryl/α,β-unsaturated/α-hetero) is 1. The molecular formula is C23H28N2O4. The van der Waals surface area contributed by atoms with Crippen LogP contribution in [-0.4, -0.2) is 21.1 Å². The molecule has 6 heteroatoms. The van der Waals surface area contributed by atoms with Crippen LogP contribution in [0.15, 0.2) is 35.1 Å². The molecule has 1 saturated heterocycles. The highest BCUT2D eigenvalue weighted by Gasteiger charge is 2.61. The fourth-order valence-corrected chi connectivity index (χ4v) is 5.09. The Labute approximate surface area is 170 Å². The van der Waals surface area contributed by atoms with Crippen LogP contribution in [0.2, 0.25) is 0 Å². The average Bonchev–Trinajstić information content (AvgIpc) is 2.94. The molecule has 0 radical (unpaired) electrons. The van der Waals surface area contributed by atoms with Crippen molar-refractivity contribution in [2.24, 2.45) is 17.9 Å². The Hall–Kier alpha value is -2.63. The SMILES string of the molecule is Cc1c([C@@H]2OC(=O)C3(CCCCC3)C(=O)C2(C)C)c(=O)n(-c2ccccc2)n1C. The molecule has 0 N–H and O–H groups in total. The van der Waals surface area contributed by atoms with Crippen molar-refractivity contribution in [1.82, 2.24) is 9.36 Å². The number of benzene rings is 1. The second-order valence-electron chi connectivity index (χ2n) is 8.95. The van der Waals surface area contributed by atoms with Gasteiger partial charge in [-0.1, -0.05) is 37.5 Å². The quantitative estimate of drug-likeness (QED) is 0.574. The summed E-state index contributed by atoms with van der Waals surface area (Å²) in [6.45, 7) is 5.44. The van der Waals surface area contributed by atoms with Crippen molar-refractivity contribution in [2.75, 3.05) is 0 Å². The highest BCUT2D eigenvalue weighted by molar-refractivity contribution is 6.08. The number of ether oxygens (including phenoxy) is 1. The van der Waals surface area contributed by atoms with E-state index in [0.717, 1.165) is 24.9 Å². The van der Waals surface area contributed by atoms with Crippen LogP contribution in [0.5, 0.6) is 0 Å². The summed E-state index contributed by atoms with van der Waals surface area (Å²) in [6, 6.07) is 9.32. The van der Waals surface area contributed by atoms with Crippen LogP contribution in [-0.2, 0) is 21.4 Å². The van der Waals surface area contributed by atoms with Crippen molar-refractivity contribution in [2.45, 2.75) is 59.0 Å². The van der Waals surface area contributed by atoms with Crippen molar-refractivity contribution in [3.63, 3.8) is 0 Å². The van der Waals surface area contributed by atoms with Crippen molar-refractivity contribution >= 4 is 11.8 Å². The molecule has 1 atom stereocenters. The van der Waals surface area contributed by atoms with Gasteiger partial charge in [-0.15, -0.1) is 0 Å². The van der Waals surface area contributed by atoms with E-state index < -0.39 is 22.9 Å². The summed E-state index contributed by atoms with van der Waals surface area (Å²) in [7, 11) is 1.80. The zero-order chi connectivity index (χ0) is 21.0. The summed E-state index contributed by atoms with van der Waals surface area (Å²) < 4.78 is 9.25. The van der Waals surface area contributed by atoms with Crippen LogP contribution in [0, 0.1) is 17.8 Å². The van der Waals surface area contributed by atoms with E-state index in [4.69, 9.17) is 4.74 Å². The van der Waals surface area contributed by atoms with Crippen LogP contribution in [0.3, 0.4) is 0 Å². The lowest BCUT2D eigenvalue weighted by atomic mass is 9.60. The van der Waals surface area contributed by atoms with Gasteiger partial charge >= 0.3 is 5.97 Å². The van der Waals surface area contributed by atoms with E-state index in [1.165, 1.54) is 0 Å². The first kappa shape index (κ1) is 19.7. The molecule has 1 spiro atoms. The molecule has 6 nitrogen and oxygen atoms in total. The van der Waals surface area contributed by atoms with Gasteiger partial charge in [0.25, 0.3) is 5.56 Å². The smallest absolute Gasteiger partial charge is 0.320 e. The molecule has 0 amide bonds. The zero-order valence-electron chi connectivity index (χ0n) is 17.5. The van der Waals surface area contributed by atoms with Crippen molar-refractivity contribution in [1.29, 1.82) is 0 Å². The maximum absolute atomic E-state index is 13.6.